The summed E-state index contributed by atoms with van der Waals surface area (Å²) in [7, 11) is 0. The Labute approximate surface area is 101 Å². The first kappa shape index (κ1) is 12.0. The van der Waals surface area contributed by atoms with E-state index in [1.165, 1.54) is 0 Å². The van der Waals surface area contributed by atoms with Crippen LogP contribution in [0.3, 0.4) is 0 Å². The van der Waals surface area contributed by atoms with E-state index in [0.29, 0.717) is 18.4 Å². The molecule has 1 aliphatic carbocycles. The van der Waals surface area contributed by atoms with E-state index in [0.717, 1.165) is 6.42 Å². The molecule has 0 aromatic heterocycles. The standard InChI is InChI=1S/C14H18O3/c1-13(2)7-8-14(9-13,12(16)17)10-5-3-4-6-11(10)15/h3-6,15H,7-9H2,1-2H3,(H,16,17). The van der Waals surface area contributed by atoms with Gasteiger partial charge in [0, 0.05) is 5.56 Å². The summed E-state index contributed by atoms with van der Waals surface area (Å²) in [5.41, 5.74) is -0.353. The highest BCUT2D eigenvalue weighted by atomic mass is 16.4. The van der Waals surface area contributed by atoms with Crippen LogP contribution in [0.4, 0.5) is 0 Å². The summed E-state index contributed by atoms with van der Waals surface area (Å²) in [5, 5.41) is 19.5. The minimum atomic E-state index is -0.922. The number of hydrogen-bond donors (Lipinski definition) is 2. The van der Waals surface area contributed by atoms with Gasteiger partial charge < -0.3 is 10.2 Å². The predicted octanol–water partition coefficient (Wildman–Crippen LogP) is 2.92. The summed E-state index contributed by atoms with van der Waals surface area (Å²) >= 11 is 0. The third-order valence-corrected chi connectivity index (χ3v) is 3.84. The van der Waals surface area contributed by atoms with E-state index in [4.69, 9.17) is 0 Å². The van der Waals surface area contributed by atoms with Gasteiger partial charge in [0.1, 0.15) is 5.75 Å². The molecule has 17 heavy (non-hydrogen) atoms. The van der Waals surface area contributed by atoms with Crippen molar-refractivity contribution < 1.29 is 15.0 Å². The largest absolute Gasteiger partial charge is 0.508 e. The Kier molecular flexibility index (Phi) is 2.64. The highest BCUT2D eigenvalue weighted by molar-refractivity contribution is 5.83. The minimum absolute atomic E-state index is 0.0146. The Bertz CT molecular complexity index is 451. The van der Waals surface area contributed by atoms with Gasteiger partial charge in [0.2, 0.25) is 0 Å². The van der Waals surface area contributed by atoms with Crippen molar-refractivity contribution in [1.29, 1.82) is 0 Å². The molecule has 0 saturated heterocycles. The lowest BCUT2D eigenvalue weighted by Crippen LogP contribution is -2.34. The molecule has 0 bridgehead atoms. The summed E-state index contributed by atoms with van der Waals surface area (Å²) in [6.07, 6.45) is 2.04. The minimum Gasteiger partial charge on any atom is -0.508 e. The van der Waals surface area contributed by atoms with Gasteiger partial charge in [0.15, 0.2) is 0 Å². The summed E-state index contributed by atoms with van der Waals surface area (Å²) in [4.78, 5) is 11.7. The second-order valence-electron chi connectivity index (χ2n) is 5.75. The fraction of sp³-hybridized carbons (Fsp3) is 0.500. The number of rotatable bonds is 2. The van der Waals surface area contributed by atoms with E-state index in [1.807, 2.05) is 0 Å². The topological polar surface area (TPSA) is 57.5 Å². The molecule has 1 fully saturated rings. The van der Waals surface area contributed by atoms with E-state index in [2.05, 4.69) is 13.8 Å². The molecule has 92 valence electrons. The van der Waals surface area contributed by atoms with Crippen molar-refractivity contribution in [2.24, 2.45) is 5.41 Å². The Balaban J connectivity index is 2.51. The quantitative estimate of drug-likeness (QED) is 0.827. The normalized spacial score (nSPS) is 26.9. The SMILES string of the molecule is CC1(C)CCC(C(=O)O)(c2ccccc2O)C1. The molecule has 1 unspecified atom stereocenters. The highest BCUT2D eigenvalue weighted by Gasteiger charge is 2.50. The Morgan fingerprint density at radius 1 is 1.24 bits per heavy atom. The molecule has 2 N–H and O–H groups in total. The molecule has 0 aliphatic heterocycles. The number of carbonyl (C=O) groups is 1. The maximum absolute atomic E-state index is 11.7. The van der Waals surface area contributed by atoms with Gasteiger partial charge in [-0.15, -0.1) is 0 Å². The lowest BCUT2D eigenvalue weighted by atomic mass is 9.75. The lowest BCUT2D eigenvalue weighted by molar-refractivity contribution is -0.144. The van der Waals surface area contributed by atoms with Gasteiger partial charge in [0.25, 0.3) is 0 Å². The molecule has 3 heteroatoms. The Morgan fingerprint density at radius 3 is 2.35 bits per heavy atom. The number of phenols is 1. The van der Waals surface area contributed by atoms with Crippen LogP contribution >= 0.6 is 0 Å². The number of carboxylic acids is 1. The first-order valence-corrected chi connectivity index (χ1v) is 5.89. The number of hydrogen-bond acceptors (Lipinski definition) is 2. The van der Waals surface area contributed by atoms with E-state index in [-0.39, 0.29) is 11.2 Å². The van der Waals surface area contributed by atoms with E-state index in [9.17, 15) is 15.0 Å². The van der Waals surface area contributed by atoms with Crippen LogP contribution < -0.4 is 0 Å². The maximum atomic E-state index is 11.7. The Morgan fingerprint density at radius 2 is 1.88 bits per heavy atom. The van der Waals surface area contributed by atoms with Crippen molar-refractivity contribution in [2.45, 2.75) is 38.5 Å². The zero-order valence-corrected chi connectivity index (χ0v) is 10.2. The zero-order chi connectivity index (χ0) is 12.7. The van der Waals surface area contributed by atoms with Crippen LogP contribution in [0, 0.1) is 5.41 Å². The molecule has 0 spiro atoms. The zero-order valence-electron chi connectivity index (χ0n) is 10.2. The van der Waals surface area contributed by atoms with Crippen LogP contribution in [0.5, 0.6) is 5.75 Å². The molecule has 1 saturated carbocycles. The molecule has 1 aliphatic rings. The summed E-state index contributed by atoms with van der Waals surface area (Å²) < 4.78 is 0. The second kappa shape index (κ2) is 3.76. The van der Waals surface area contributed by atoms with Crippen molar-refractivity contribution in [1.82, 2.24) is 0 Å². The van der Waals surface area contributed by atoms with Crippen molar-refractivity contribution in [3.8, 4) is 5.75 Å². The van der Waals surface area contributed by atoms with Crippen molar-refractivity contribution in [2.75, 3.05) is 0 Å². The second-order valence-corrected chi connectivity index (χ2v) is 5.75. The van der Waals surface area contributed by atoms with Gasteiger partial charge in [-0.2, -0.15) is 0 Å². The van der Waals surface area contributed by atoms with Gasteiger partial charge in [-0.3, -0.25) is 4.79 Å². The van der Waals surface area contributed by atoms with Crippen LogP contribution in [0.2, 0.25) is 0 Å². The number of para-hydroxylation sites is 1. The van der Waals surface area contributed by atoms with Gasteiger partial charge in [0.05, 0.1) is 5.41 Å². The smallest absolute Gasteiger partial charge is 0.314 e. The van der Waals surface area contributed by atoms with Gasteiger partial charge in [-0.25, -0.2) is 0 Å². The van der Waals surface area contributed by atoms with Crippen molar-refractivity contribution in [3.63, 3.8) is 0 Å². The van der Waals surface area contributed by atoms with Crippen molar-refractivity contribution in [3.05, 3.63) is 29.8 Å². The molecular weight excluding hydrogens is 216 g/mol. The Hall–Kier alpha value is -1.51. The van der Waals surface area contributed by atoms with E-state index < -0.39 is 11.4 Å². The predicted molar refractivity (Wildman–Crippen MR) is 65.1 cm³/mol. The van der Waals surface area contributed by atoms with Crippen LogP contribution in [-0.2, 0) is 10.2 Å². The molecule has 0 heterocycles. The highest BCUT2D eigenvalue weighted by Crippen LogP contribution is 2.52. The first-order chi connectivity index (χ1) is 7.87. The molecule has 0 amide bonds. The molecule has 1 aromatic rings. The fourth-order valence-corrected chi connectivity index (χ4v) is 2.95. The van der Waals surface area contributed by atoms with Crippen LogP contribution in [0.15, 0.2) is 24.3 Å². The van der Waals surface area contributed by atoms with Crippen LogP contribution in [-0.4, -0.2) is 16.2 Å². The number of aromatic hydroxyl groups is 1. The lowest BCUT2D eigenvalue weighted by Gasteiger charge is -2.27. The van der Waals surface area contributed by atoms with Crippen LogP contribution in [0.1, 0.15) is 38.7 Å². The fourth-order valence-electron chi connectivity index (χ4n) is 2.95. The number of aliphatic carboxylic acids is 1. The third-order valence-electron chi connectivity index (χ3n) is 3.84. The maximum Gasteiger partial charge on any atom is 0.314 e. The summed E-state index contributed by atoms with van der Waals surface area (Å²) in [6, 6.07) is 6.79. The van der Waals surface area contributed by atoms with Gasteiger partial charge >= 0.3 is 5.97 Å². The summed E-state index contributed by atoms with van der Waals surface area (Å²) in [5.74, 6) is -0.739. The number of benzene rings is 1. The summed E-state index contributed by atoms with van der Waals surface area (Å²) in [6.45, 7) is 4.16. The first-order valence-electron chi connectivity index (χ1n) is 5.89. The molecule has 1 aromatic carbocycles. The molecule has 1 atom stereocenters. The van der Waals surface area contributed by atoms with Crippen LogP contribution in [0.25, 0.3) is 0 Å². The van der Waals surface area contributed by atoms with Gasteiger partial charge in [-0.1, -0.05) is 32.0 Å². The number of carboxylic acid groups (broad SMARTS) is 1. The average molecular weight is 234 g/mol. The van der Waals surface area contributed by atoms with E-state index >= 15 is 0 Å². The number of phenolic OH excluding ortho intramolecular Hbond substituents is 1. The molecule has 3 nitrogen and oxygen atoms in total. The molecule has 2 rings (SSSR count). The molecule has 0 radical (unpaired) electrons. The van der Waals surface area contributed by atoms with E-state index in [1.54, 1.807) is 24.3 Å². The van der Waals surface area contributed by atoms with Crippen molar-refractivity contribution >= 4 is 5.97 Å². The monoisotopic (exact) mass is 234 g/mol. The molecular formula is C14H18O3. The third kappa shape index (κ3) is 1.90. The average Bonchev–Trinajstić information content (AvgIpc) is 2.56. The van der Waals surface area contributed by atoms with Gasteiger partial charge in [-0.05, 0) is 30.7 Å².